The maximum atomic E-state index is 13.0. The van der Waals surface area contributed by atoms with Crippen LogP contribution in [0.3, 0.4) is 0 Å². The smallest absolute Gasteiger partial charge is 0.255 e. The maximum absolute atomic E-state index is 13.0. The highest BCUT2D eigenvalue weighted by Gasteiger charge is 2.08. The Hall–Kier alpha value is -1.64. The van der Waals surface area contributed by atoms with Crippen molar-refractivity contribution in [2.45, 2.75) is 19.8 Å². The van der Waals surface area contributed by atoms with Gasteiger partial charge in [0.2, 0.25) is 0 Å². The van der Waals surface area contributed by atoms with Gasteiger partial charge in [0.05, 0.1) is 5.39 Å². The summed E-state index contributed by atoms with van der Waals surface area (Å²) in [5, 5.41) is 1.25. The van der Waals surface area contributed by atoms with Crippen molar-refractivity contribution in [2.75, 3.05) is 0 Å². The number of aromatic amines is 1. The van der Waals surface area contributed by atoms with Crippen molar-refractivity contribution >= 4 is 10.8 Å². The van der Waals surface area contributed by atoms with Crippen molar-refractivity contribution in [3.05, 3.63) is 46.1 Å². The number of hydrogen-bond acceptors (Lipinski definition) is 1. The molecule has 0 spiro atoms. The molecule has 0 aliphatic heterocycles. The molecule has 1 aromatic carbocycles. The molecule has 1 aromatic heterocycles. The van der Waals surface area contributed by atoms with E-state index in [9.17, 15) is 9.18 Å². The van der Waals surface area contributed by atoms with Crippen LogP contribution in [-0.2, 0) is 0 Å². The first-order valence-electron chi connectivity index (χ1n) is 4.90. The Morgan fingerprint density at radius 2 is 2.00 bits per heavy atom. The standard InChI is InChI=1S/C12H12FNO/c1-7(2)11-6-14-12(15)10-5-8(13)3-4-9(10)11/h3-7H,1-2H3,(H,14,15). The Kier molecular flexibility index (Phi) is 2.31. The fraction of sp³-hybridized carbons (Fsp3) is 0.250. The van der Waals surface area contributed by atoms with Crippen LogP contribution in [0.1, 0.15) is 25.3 Å². The molecule has 0 fully saturated rings. The van der Waals surface area contributed by atoms with Crippen molar-refractivity contribution in [3.8, 4) is 0 Å². The lowest BCUT2D eigenvalue weighted by molar-refractivity contribution is 0.629. The average Bonchev–Trinajstić information content (AvgIpc) is 2.19. The van der Waals surface area contributed by atoms with Crippen LogP contribution in [0.15, 0.2) is 29.2 Å². The summed E-state index contributed by atoms with van der Waals surface area (Å²) in [6.45, 7) is 4.08. The highest BCUT2D eigenvalue weighted by molar-refractivity contribution is 5.85. The highest BCUT2D eigenvalue weighted by atomic mass is 19.1. The molecule has 2 nitrogen and oxygen atoms in total. The third-order valence-electron chi connectivity index (χ3n) is 2.52. The van der Waals surface area contributed by atoms with E-state index in [-0.39, 0.29) is 11.4 Å². The van der Waals surface area contributed by atoms with E-state index in [1.165, 1.54) is 12.1 Å². The van der Waals surface area contributed by atoms with Gasteiger partial charge in [-0.15, -0.1) is 0 Å². The summed E-state index contributed by atoms with van der Waals surface area (Å²) in [7, 11) is 0. The van der Waals surface area contributed by atoms with Crippen LogP contribution in [0.25, 0.3) is 10.8 Å². The first-order valence-corrected chi connectivity index (χ1v) is 4.90. The van der Waals surface area contributed by atoms with E-state index in [0.717, 1.165) is 10.9 Å². The Balaban J connectivity index is 2.89. The molecule has 0 unspecified atom stereocenters. The summed E-state index contributed by atoms with van der Waals surface area (Å²) < 4.78 is 13.0. The normalized spacial score (nSPS) is 11.2. The van der Waals surface area contributed by atoms with Gasteiger partial charge in [-0.2, -0.15) is 0 Å². The monoisotopic (exact) mass is 205 g/mol. The summed E-state index contributed by atoms with van der Waals surface area (Å²) in [6, 6.07) is 4.32. The quantitative estimate of drug-likeness (QED) is 0.762. The number of nitrogens with one attached hydrogen (secondary N) is 1. The number of rotatable bonds is 1. The zero-order valence-electron chi connectivity index (χ0n) is 8.67. The number of aromatic nitrogens is 1. The van der Waals surface area contributed by atoms with E-state index in [1.54, 1.807) is 12.3 Å². The minimum atomic E-state index is -0.381. The predicted octanol–water partition coefficient (Wildman–Crippen LogP) is 2.79. The van der Waals surface area contributed by atoms with Crippen molar-refractivity contribution < 1.29 is 4.39 Å². The molecule has 2 rings (SSSR count). The molecule has 1 N–H and O–H groups in total. The molecule has 0 aliphatic rings. The topological polar surface area (TPSA) is 32.9 Å². The van der Waals surface area contributed by atoms with Crippen LogP contribution in [0.4, 0.5) is 4.39 Å². The van der Waals surface area contributed by atoms with Crippen LogP contribution in [0, 0.1) is 5.82 Å². The molecule has 1 heterocycles. The van der Waals surface area contributed by atoms with E-state index < -0.39 is 0 Å². The summed E-state index contributed by atoms with van der Waals surface area (Å²) >= 11 is 0. The van der Waals surface area contributed by atoms with Gasteiger partial charge in [-0.3, -0.25) is 4.79 Å². The first-order chi connectivity index (χ1) is 7.09. The molecular formula is C12H12FNO. The maximum Gasteiger partial charge on any atom is 0.255 e. The van der Waals surface area contributed by atoms with Gasteiger partial charge < -0.3 is 4.98 Å². The molecule has 0 radical (unpaired) electrons. The molecule has 0 saturated heterocycles. The SMILES string of the molecule is CC(C)c1c[nH]c(=O)c2cc(F)ccc12. The molecule has 0 atom stereocenters. The largest absolute Gasteiger partial charge is 0.328 e. The third-order valence-corrected chi connectivity index (χ3v) is 2.52. The Bertz CT molecular complexity index is 557. The lowest BCUT2D eigenvalue weighted by atomic mass is 9.99. The molecule has 0 amide bonds. The van der Waals surface area contributed by atoms with Gasteiger partial charge in [0, 0.05) is 6.20 Å². The predicted molar refractivity (Wildman–Crippen MR) is 58.6 cm³/mol. The van der Waals surface area contributed by atoms with E-state index in [2.05, 4.69) is 4.98 Å². The molecular weight excluding hydrogens is 193 g/mol. The lowest BCUT2D eigenvalue weighted by Gasteiger charge is -2.08. The minimum Gasteiger partial charge on any atom is -0.328 e. The first kappa shape index (κ1) is 9.90. The van der Waals surface area contributed by atoms with Crippen LogP contribution >= 0.6 is 0 Å². The van der Waals surface area contributed by atoms with Crippen LogP contribution in [-0.4, -0.2) is 4.98 Å². The van der Waals surface area contributed by atoms with E-state index in [0.29, 0.717) is 11.3 Å². The highest BCUT2D eigenvalue weighted by Crippen LogP contribution is 2.22. The van der Waals surface area contributed by atoms with Gasteiger partial charge in [0.15, 0.2) is 0 Å². The zero-order chi connectivity index (χ0) is 11.0. The molecule has 2 aromatic rings. The van der Waals surface area contributed by atoms with Crippen molar-refractivity contribution in [3.63, 3.8) is 0 Å². The Labute approximate surface area is 86.8 Å². The summed E-state index contributed by atoms with van der Waals surface area (Å²) in [5.41, 5.74) is 0.790. The van der Waals surface area contributed by atoms with Crippen molar-refractivity contribution in [1.82, 2.24) is 4.98 Å². The molecule has 15 heavy (non-hydrogen) atoms. The van der Waals surface area contributed by atoms with Gasteiger partial charge in [0.25, 0.3) is 5.56 Å². The number of fused-ring (bicyclic) bond motifs is 1. The molecule has 0 saturated carbocycles. The number of benzene rings is 1. The fourth-order valence-electron chi connectivity index (χ4n) is 1.73. The van der Waals surface area contributed by atoms with Gasteiger partial charge in [-0.25, -0.2) is 4.39 Å². The summed E-state index contributed by atoms with van der Waals surface area (Å²) in [5.74, 6) is -0.0799. The molecule has 0 aliphatic carbocycles. The third kappa shape index (κ3) is 1.65. The second kappa shape index (κ2) is 3.50. The molecule has 3 heteroatoms. The summed E-state index contributed by atoms with van der Waals surface area (Å²) in [4.78, 5) is 14.1. The minimum absolute atomic E-state index is 0.242. The van der Waals surface area contributed by atoms with Gasteiger partial charge >= 0.3 is 0 Å². The number of pyridine rings is 1. The summed E-state index contributed by atoms with van der Waals surface area (Å²) in [6.07, 6.45) is 1.70. The zero-order valence-corrected chi connectivity index (χ0v) is 8.67. The van der Waals surface area contributed by atoms with Crippen LogP contribution in [0.2, 0.25) is 0 Å². The van der Waals surface area contributed by atoms with Crippen LogP contribution < -0.4 is 5.56 Å². The number of hydrogen-bond donors (Lipinski definition) is 1. The van der Waals surface area contributed by atoms with Gasteiger partial charge in [0.1, 0.15) is 5.82 Å². The second-order valence-corrected chi connectivity index (χ2v) is 3.92. The Morgan fingerprint density at radius 3 is 2.67 bits per heavy atom. The fourth-order valence-corrected chi connectivity index (χ4v) is 1.73. The molecule has 0 bridgehead atoms. The van der Waals surface area contributed by atoms with Crippen molar-refractivity contribution in [2.24, 2.45) is 0 Å². The number of halogens is 1. The lowest BCUT2D eigenvalue weighted by Crippen LogP contribution is -2.08. The second-order valence-electron chi connectivity index (χ2n) is 3.92. The number of H-pyrrole nitrogens is 1. The van der Waals surface area contributed by atoms with E-state index in [1.807, 2.05) is 13.8 Å². The van der Waals surface area contributed by atoms with Crippen LogP contribution in [0.5, 0.6) is 0 Å². The van der Waals surface area contributed by atoms with Gasteiger partial charge in [-0.05, 0) is 29.0 Å². The van der Waals surface area contributed by atoms with Gasteiger partial charge in [-0.1, -0.05) is 19.9 Å². The average molecular weight is 205 g/mol. The van der Waals surface area contributed by atoms with E-state index >= 15 is 0 Å². The van der Waals surface area contributed by atoms with E-state index in [4.69, 9.17) is 0 Å². The Morgan fingerprint density at radius 1 is 1.27 bits per heavy atom. The van der Waals surface area contributed by atoms with Crippen molar-refractivity contribution in [1.29, 1.82) is 0 Å². The molecule has 78 valence electrons.